The Balaban J connectivity index is 1.32. The zero-order chi connectivity index (χ0) is 17.9. The summed E-state index contributed by atoms with van der Waals surface area (Å²) in [6.07, 6.45) is -1.77. The fraction of sp³-hybridized carbons (Fsp3) is 0.333. The summed E-state index contributed by atoms with van der Waals surface area (Å²) in [5, 5.41) is 7.45. The van der Waals surface area contributed by atoms with Crippen molar-refractivity contribution in [1.82, 2.24) is 5.32 Å². The van der Waals surface area contributed by atoms with Gasteiger partial charge >= 0.3 is 6.09 Å². The summed E-state index contributed by atoms with van der Waals surface area (Å²) >= 11 is 1.38. The Morgan fingerprint density at radius 1 is 1.04 bits per heavy atom. The molecule has 0 unspecified atom stereocenters. The number of fused-ring (bicyclic) bond motifs is 1. The molecule has 26 heavy (non-hydrogen) atoms. The monoisotopic (exact) mass is 374 g/mol. The number of thiophene rings is 1. The predicted octanol–water partition coefficient (Wildman–Crippen LogP) is 2.26. The number of hydrogen-bond acceptors (Lipinski definition) is 6. The maximum Gasteiger partial charge on any atom is 0.412 e. The molecule has 2 aliphatic heterocycles. The van der Waals surface area contributed by atoms with E-state index in [1.807, 2.05) is 29.6 Å². The van der Waals surface area contributed by atoms with Crippen molar-refractivity contribution in [1.29, 1.82) is 0 Å². The molecule has 1 aromatic carbocycles. The van der Waals surface area contributed by atoms with Crippen LogP contribution in [0.4, 0.5) is 10.5 Å². The molecule has 2 amide bonds. The topological polar surface area (TPSA) is 85.9 Å². The summed E-state index contributed by atoms with van der Waals surface area (Å²) < 4.78 is 16.9. The van der Waals surface area contributed by atoms with Gasteiger partial charge in [-0.05, 0) is 23.6 Å². The Kier molecular flexibility index (Phi) is 4.87. The van der Waals surface area contributed by atoms with Crippen LogP contribution in [0.3, 0.4) is 0 Å². The molecular weight excluding hydrogens is 356 g/mol. The number of anilines is 1. The van der Waals surface area contributed by atoms with E-state index in [1.54, 1.807) is 18.2 Å². The summed E-state index contributed by atoms with van der Waals surface area (Å²) in [6, 6.07) is 12.4. The highest BCUT2D eigenvalue weighted by molar-refractivity contribution is 7.12. The van der Waals surface area contributed by atoms with Gasteiger partial charge in [0.25, 0.3) is 5.91 Å². The van der Waals surface area contributed by atoms with Crippen LogP contribution in [0.1, 0.15) is 9.67 Å². The highest BCUT2D eigenvalue weighted by Crippen LogP contribution is 2.29. The molecule has 2 fully saturated rings. The molecule has 8 heteroatoms. The van der Waals surface area contributed by atoms with Gasteiger partial charge in [0.2, 0.25) is 0 Å². The quantitative estimate of drug-likeness (QED) is 0.857. The van der Waals surface area contributed by atoms with Gasteiger partial charge < -0.3 is 19.5 Å². The molecule has 2 aliphatic rings. The molecule has 0 aliphatic carbocycles. The smallest absolute Gasteiger partial charge is 0.412 e. The lowest BCUT2D eigenvalue weighted by atomic mass is 10.1. The third-order valence-corrected chi connectivity index (χ3v) is 5.22. The van der Waals surface area contributed by atoms with E-state index in [0.29, 0.717) is 17.2 Å². The van der Waals surface area contributed by atoms with Gasteiger partial charge in [0.15, 0.2) is 6.10 Å². The molecule has 0 spiro atoms. The van der Waals surface area contributed by atoms with E-state index in [4.69, 9.17) is 14.2 Å². The summed E-state index contributed by atoms with van der Waals surface area (Å²) in [5.74, 6) is -0.149. The number of hydrogen-bond donors (Lipinski definition) is 2. The zero-order valence-corrected chi connectivity index (χ0v) is 14.6. The Labute approximate surface area is 154 Å². The highest BCUT2D eigenvalue weighted by Gasteiger charge is 2.50. The van der Waals surface area contributed by atoms with Gasteiger partial charge in [-0.25, -0.2) is 4.79 Å². The van der Waals surface area contributed by atoms with Gasteiger partial charge in [0.05, 0.1) is 24.1 Å². The molecule has 136 valence electrons. The fourth-order valence-corrected chi connectivity index (χ4v) is 3.77. The van der Waals surface area contributed by atoms with Gasteiger partial charge in [-0.1, -0.05) is 24.3 Å². The average molecular weight is 374 g/mol. The van der Waals surface area contributed by atoms with Gasteiger partial charge in [0.1, 0.15) is 12.2 Å². The van der Waals surface area contributed by atoms with Gasteiger partial charge in [-0.15, -0.1) is 11.3 Å². The fourth-order valence-electron chi connectivity index (χ4n) is 3.14. The average Bonchev–Trinajstić information content (AvgIpc) is 3.36. The van der Waals surface area contributed by atoms with Crippen LogP contribution in [-0.2, 0) is 14.2 Å². The molecule has 1 aromatic heterocycles. The van der Waals surface area contributed by atoms with Crippen molar-refractivity contribution < 1.29 is 23.8 Å². The zero-order valence-electron chi connectivity index (χ0n) is 13.8. The lowest BCUT2D eigenvalue weighted by Gasteiger charge is -2.17. The maximum atomic E-state index is 12.2. The van der Waals surface area contributed by atoms with Gasteiger partial charge in [0, 0.05) is 5.69 Å². The van der Waals surface area contributed by atoms with Crippen molar-refractivity contribution in [3.8, 4) is 0 Å². The largest absolute Gasteiger partial charge is 0.441 e. The van der Waals surface area contributed by atoms with E-state index >= 15 is 0 Å². The molecule has 3 heterocycles. The summed E-state index contributed by atoms with van der Waals surface area (Å²) in [5.41, 5.74) is 0.654. The van der Waals surface area contributed by atoms with Crippen LogP contribution in [0.25, 0.3) is 0 Å². The molecule has 7 nitrogen and oxygen atoms in total. The number of rotatable bonds is 4. The van der Waals surface area contributed by atoms with Crippen molar-refractivity contribution in [2.24, 2.45) is 0 Å². The van der Waals surface area contributed by atoms with E-state index in [0.717, 1.165) is 0 Å². The first-order chi connectivity index (χ1) is 12.7. The van der Waals surface area contributed by atoms with Crippen LogP contribution in [0, 0.1) is 0 Å². The standard InChI is InChI=1S/C18H18N2O5S/c21-17(14-7-4-8-26-14)20-12-9-23-16-13(10-24-15(12)16)25-18(22)19-11-5-2-1-3-6-11/h1-8,12-13,15-16H,9-10H2,(H,19,22)(H,20,21)/t12-,13+,15+,16+/m0/s1. The van der Waals surface area contributed by atoms with Crippen LogP contribution < -0.4 is 10.6 Å². The van der Waals surface area contributed by atoms with Crippen molar-refractivity contribution in [2.75, 3.05) is 18.5 Å². The first-order valence-electron chi connectivity index (χ1n) is 8.31. The predicted molar refractivity (Wildman–Crippen MR) is 95.4 cm³/mol. The van der Waals surface area contributed by atoms with Crippen LogP contribution in [0.2, 0.25) is 0 Å². The summed E-state index contributed by atoms with van der Waals surface area (Å²) in [6.45, 7) is 0.565. The number of nitrogens with one attached hydrogen (secondary N) is 2. The maximum absolute atomic E-state index is 12.2. The van der Waals surface area contributed by atoms with Crippen molar-refractivity contribution >= 4 is 29.0 Å². The van der Waals surface area contributed by atoms with Crippen molar-refractivity contribution in [3.05, 3.63) is 52.7 Å². The van der Waals surface area contributed by atoms with E-state index in [1.165, 1.54) is 11.3 Å². The molecule has 0 bridgehead atoms. The number of para-hydroxylation sites is 1. The Bertz CT molecular complexity index is 767. The number of carbonyl (C=O) groups excluding carboxylic acids is 2. The number of amides is 2. The molecule has 0 saturated carbocycles. The minimum atomic E-state index is -0.555. The van der Waals surface area contributed by atoms with Crippen LogP contribution in [-0.4, -0.2) is 49.6 Å². The van der Waals surface area contributed by atoms with E-state index in [-0.39, 0.29) is 30.8 Å². The first kappa shape index (κ1) is 17.0. The SMILES string of the molecule is O=C(Nc1ccccc1)O[C@@H]1CO[C@H]2[C@@H]1OC[C@@H]2NC(=O)c1cccs1. The first-order valence-corrected chi connectivity index (χ1v) is 9.19. The summed E-state index contributed by atoms with van der Waals surface area (Å²) in [4.78, 5) is 24.9. The van der Waals surface area contributed by atoms with E-state index in [2.05, 4.69) is 10.6 Å². The Morgan fingerprint density at radius 2 is 1.85 bits per heavy atom. The van der Waals surface area contributed by atoms with Crippen LogP contribution in [0.15, 0.2) is 47.8 Å². The Morgan fingerprint density at radius 3 is 2.62 bits per heavy atom. The minimum absolute atomic E-state index is 0.149. The van der Waals surface area contributed by atoms with E-state index < -0.39 is 12.2 Å². The molecule has 2 N–H and O–H groups in total. The number of carbonyl (C=O) groups is 2. The van der Waals surface area contributed by atoms with Crippen LogP contribution in [0.5, 0.6) is 0 Å². The third kappa shape index (κ3) is 3.57. The van der Waals surface area contributed by atoms with Gasteiger partial charge in [-0.3, -0.25) is 10.1 Å². The highest BCUT2D eigenvalue weighted by atomic mass is 32.1. The molecular formula is C18H18N2O5S. The second-order valence-electron chi connectivity index (χ2n) is 6.09. The van der Waals surface area contributed by atoms with Crippen LogP contribution >= 0.6 is 11.3 Å². The molecule has 2 aromatic rings. The van der Waals surface area contributed by atoms with Gasteiger partial charge in [-0.2, -0.15) is 0 Å². The molecule has 4 atom stereocenters. The number of benzene rings is 1. The normalized spacial score (nSPS) is 26.9. The molecule has 2 saturated heterocycles. The molecule has 4 rings (SSSR count). The molecule has 0 radical (unpaired) electrons. The second-order valence-corrected chi connectivity index (χ2v) is 7.04. The van der Waals surface area contributed by atoms with Crippen molar-refractivity contribution in [2.45, 2.75) is 24.4 Å². The lowest BCUT2D eigenvalue weighted by molar-refractivity contribution is 0.00862. The Hall–Kier alpha value is -2.42. The second kappa shape index (κ2) is 7.45. The van der Waals surface area contributed by atoms with Crippen molar-refractivity contribution in [3.63, 3.8) is 0 Å². The lowest BCUT2D eigenvalue weighted by Crippen LogP contribution is -2.44. The summed E-state index contributed by atoms with van der Waals surface area (Å²) in [7, 11) is 0. The number of ether oxygens (including phenoxy) is 3. The third-order valence-electron chi connectivity index (χ3n) is 4.35. The minimum Gasteiger partial charge on any atom is -0.441 e. The van der Waals surface area contributed by atoms with E-state index in [9.17, 15) is 9.59 Å².